The van der Waals surface area contributed by atoms with Gasteiger partial charge in [0, 0.05) is 25.4 Å². The first-order chi connectivity index (χ1) is 7.35. The van der Waals surface area contributed by atoms with Crippen LogP contribution in [-0.2, 0) is 0 Å². The third kappa shape index (κ3) is 10.1. The maximum atomic E-state index is 5.48. The molecular weight excluding hydrogens is 206 g/mol. The van der Waals surface area contributed by atoms with Gasteiger partial charge < -0.3 is 11.1 Å². The summed E-state index contributed by atoms with van der Waals surface area (Å²) in [5.41, 5.74) is 5.48. The minimum absolute atomic E-state index is 0.715. The summed E-state index contributed by atoms with van der Waals surface area (Å²) in [6.07, 6.45) is 4.79. The van der Waals surface area contributed by atoms with E-state index >= 15 is 0 Å². The van der Waals surface area contributed by atoms with Gasteiger partial charge in [-0.1, -0.05) is 38.5 Å². The Morgan fingerprint density at radius 1 is 1.27 bits per heavy atom. The molecule has 0 unspecified atom stereocenters. The molecule has 4 heteroatoms. The van der Waals surface area contributed by atoms with Crippen molar-refractivity contribution in [2.45, 2.75) is 39.5 Å². The van der Waals surface area contributed by atoms with Crippen molar-refractivity contribution in [2.75, 3.05) is 25.4 Å². The Morgan fingerprint density at radius 2 is 2.00 bits per heavy atom. The van der Waals surface area contributed by atoms with E-state index in [1.165, 1.54) is 25.7 Å². The highest BCUT2D eigenvalue weighted by Crippen LogP contribution is 2.02. The lowest BCUT2D eigenvalue weighted by Crippen LogP contribution is -2.23. The van der Waals surface area contributed by atoms with Crippen LogP contribution >= 0.6 is 11.8 Å². The second-order valence-electron chi connectivity index (χ2n) is 3.46. The Bertz CT molecular complexity index is 160. The predicted molar refractivity (Wildman–Crippen MR) is 71.6 cm³/mol. The lowest BCUT2D eigenvalue weighted by Gasteiger charge is -2.08. The van der Waals surface area contributed by atoms with Crippen molar-refractivity contribution in [3.05, 3.63) is 0 Å². The molecule has 0 radical (unpaired) electrons. The zero-order valence-corrected chi connectivity index (χ0v) is 10.9. The third-order valence-electron chi connectivity index (χ3n) is 1.93. The molecule has 3 N–H and O–H groups in total. The summed E-state index contributed by atoms with van der Waals surface area (Å²) >= 11 is 1.74. The molecule has 0 atom stereocenters. The van der Waals surface area contributed by atoms with Gasteiger partial charge in [-0.2, -0.15) is 0 Å². The molecule has 0 saturated heterocycles. The highest BCUT2D eigenvalue weighted by atomic mass is 32.2. The lowest BCUT2D eigenvalue weighted by atomic mass is 10.3. The van der Waals surface area contributed by atoms with Gasteiger partial charge in [0.25, 0.3) is 0 Å². The average molecular weight is 231 g/mol. The molecule has 90 valence electrons. The monoisotopic (exact) mass is 231 g/mol. The van der Waals surface area contributed by atoms with Crippen LogP contribution in [0.25, 0.3) is 0 Å². The van der Waals surface area contributed by atoms with Crippen molar-refractivity contribution in [2.24, 2.45) is 10.7 Å². The van der Waals surface area contributed by atoms with Crippen LogP contribution in [0.15, 0.2) is 4.99 Å². The second kappa shape index (κ2) is 11.9. The number of thioether (sulfide) groups is 1. The van der Waals surface area contributed by atoms with Crippen LogP contribution in [-0.4, -0.2) is 30.6 Å². The van der Waals surface area contributed by atoms with Crippen LogP contribution in [0.5, 0.6) is 0 Å². The number of nitrogens with zero attached hydrogens (tertiary/aromatic N) is 1. The molecule has 0 aromatic rings. The van der Waals surface area contributed by atoms with Crippen molar-refractivity contribution in [1.82, 2.24) is 5.32 Å². The Morgan fingerprint density at radius 3 is 2.60 bits per heavy atom. The number of unbranched alkanes of at least 4 members (excludes halogenated alkanes) is 2. The molecule has 0 aromatic heterocycles. The summed E-state index contributed by atoms with van der Waals surface area (Å²) < 4.78 is 0. The number of hydrogen-bond acceptors (Lipinski definition) is 3. The smallest absolute Gasteiger partial charge is 0.156 e. The van der Waals surface area contributed by atoms with Gasteiger partial charge in [0.15, 0.2) is 5.17 Å². The number of nitrogens with two attached hydrogens (primary N) is 1. The first-order valence-corrected chi connectivity index (χ1v) is 6.94. The van der Waals surface area contributed by atoms with E-state index in [1.807, 2.05) is 0 Å². The molecule has 0 fully saturated rings. The van der Waals surface area contributed by atoms with E-state index in [0.717, 1.165) is 24.0 Å². The molecule has 15 heavy (non-hydrogen) atoms. The minimum Gasteiger partial charge on any atom is -0.365 e. The Kier molecular flexibility index (Phi) is 11.7. The molecule has 0 bridgehead atoms. The maximum Gasteiger partial charge on any atom is 0.156 e. The molecule has 3 nitrogen and oxygen atoms in total. The number of aliphatic imine (C=N–C) groups is 1. The molecule has 0 aliphatic heterocycles. The van der Waals surface area contributed by atoms with Gasteiger partial charge in [-0.25, -0.2) is 0 Å². The molecule has 0 aliphatic carbocycles. The summed E-state index contributed by atoms with van der Waals surface area (Å²) in [4.78, 5) is 4.54. The highest BCUT2D eigenvalue weighted by Gasteiger charge is 1.97. The minimum atomic E-state index is 0.715. The topological polar surface area (TPSA) is 50.4 Å². The van der Waals surface area contributed by atoms with Gasteiger partial charge in [-0.05, 0) is 12.8 Å². The van der Waals surface area contributed by atoms with Crippen molar-refractivity contribution in [1.29, 1.82) is 0 Å². The zero-order chi connectivity index (χ0) is 11.4. The van der Waals surface area contributed by atoms with Crippen LogP contribution in [0.2, 0.25) is 0 Å². The number of hydrogen-bond donors (Lipinski definition) is 2. The van der Waals surface area contributed by atoms with Crippen molar-refractivity contribution < 1.29 is 0 Å². The predicted octanol–water partition coefficient (Wildman–Crippen LogP) is 2.22. The summed E-state index contributed by atoms with van der Waals surface area (Å²) in [5.74, 6) is 0.948. The number of amidine groups is 1. The van der Waals surface area contributed by atoms with E-state index in [1.54, 1.807) is 11.8 Å². The van der Waals surface area contributed by atoms with Crippen LogP contribution in [0, 0.1) is 0 Å². The van der Waals surface area contributed by atoms with Crippen LogP contribution in [0.4, 0.5) is 0 Å². The van der Waals surface area contributed by atoms with Gasteiger partial charge in [0.1, 0.15) is 0 Å². The van der Waals surface area contributed by atoms with E-state index in [0.29, 0.717) is 6.54 Å². The first-order valence-electron chi connectivity index (χ1n) is 5.96. The standard InChI is InChI=1S/C11H25N3S/c1-3-5-8-13-11(15-10-7-12)14-9-6-4-2/h3-10,12H2,1-2H3,(H,13,14). The number of rotatable bonds is 8. The van der Waals surface area contributed by atoms with E-state index in [2.05, 4.69) is 24.2 Å². The SMILES string of the molecule is CCCCN=C(NCCCC)SCCN. The van der Waals surface area contributed by atoms with Crippen molar-refractivity contribution in [3.8, 4) is 0 Å². The fourth-order valence-electron chi connectivity index (χ4n) is 1.02. The normalized spacial score (nSPS) is 11.8. The molecule has 0 amide bonds. The summed E-state index contributed by atoms with van der Waals surface area (Å²) in [5, 5.41) is 4.44. The largest absolute Gasteiger partial charge is 0.365 e. The molecule has 0 saturated carbocycles. The van der Waals surface area contributed by atoms with Gasteiger partial charge in [0.2, 0.25) is 0 Å². The van der Waals surface area contributed by atoms with E-state index < -0.39 is 0 Å². The third-order valence-corrected chi connectivity index (χ3v) is 2.92. The van der Waals surface area contributed by atoms with Crippen molar-refractivity contribution >= 4 is 16.9 Å². The Labute approximate surface area is 98.3 Å². The molecule has 0 spiro atoms. The fourth-order valence-corrected chi connectivity index (χ4v) is 1.72. The summed E-state index contributed by atoms with van der Waals surface area (Å²) in [6, 6.07) is 0. The first kappa shape index (κ1) is 14.8. The summed E-state index contributed by atoms with van der Waals surface area (Å²) in [7, 11) is 0. The average Bonchev–Trinajstić information content (AvgIpc) is 2.25. The van der Waals surface area contributed by atoms with E-state index in [-0.39, 0.29) is 0 Å². The summed E-state index contributed by atoms with van der Waals surface area (Å²) in [6.45, 7) is 7.06. The van der Waals surface area contributed by atoms with E-state index in [9.17, 15) is 0 Å². The maximum absolute atomic E-state index is 5.48. The molecule has 0 aromatic carbocycles. The highest BCUT2D eigenvalue weighted by molar-refractivity contribution is 8.13. The quantitative estimate of drug-likeness (QED) is 0.382. The van der Waals surface area contributed by atoms with Gasteiger partial charge in [0.05, 0.1) is 0 Å². The van der Waals surface area contributed by atoms with Crippen molar-refractivity contribution in [3.63, 3.8) is 0 Å². The Hall–Kier alpha value is -0.220. The van der Waals surface area contributed by atoms with Gasteiger partial charge in [-0.15, -0.1) is 0 Å². The van der Waals surface area contributed by atoms with Gasteiger partial charge >= 0.3 is 0 Å². The van der Waals surface area contributed by atoms with Crippen LogP contribution in [0.1, 0.15) is 39.5 Å². The van der Waals surface area contributed by atoms with Crippen LogP contribution < -0.4 is 11.1 Å². The molecular formula is C11H25N3S. The zero-order valence-electron chi connectivity index (χ0n) is 10.1. The van der Waals surface area contributed by atoms with Crippen LogP contribution in [0.3, 0.4) is 0 Å². The lowest BCUT2D eigenvalue weighted by molar-refractivity contribution is 0.751. The number of nitrogens with one attached hydrogen (secondary N) is 1. The fraction of sp³-hybridized carbons (Fsp3) is 0.909. The Balaban J connectivity index is 3.76. The molecule has 0 heterocycles. The van der Waals surface area contributed by atoms with E-state index in [4.69, 9.17) is 5.73 Å². The molecule has 0 aliphatic rings. The van der Waals surface area contributed by atoms with Gasteiger partial charge in [-0.3, -0.25) is 4.99 Å². The molecule has 0 rings (SSSR count). The second-order valence-corrected chi connectivity index (χ2v) is 4.54.